The predicted octanol–water partition coefficient (Wildman–Crippen LogP) is 2.76. The fraction of sp³-hybridized carbons (Fsp3) is 0.250. The SMILES string of the molecule is CC(C)(O)OC(=O)NCC(c1ccc(F)c(F)c1)N1C(=O)c2ccccc2C1=O. The van der Waals surface area contributed by atoms with E-state index in [0.717, 1.165) is 17.0 Å². The Morgan fingerprint density at radius 2 is 1.69 bits per heavy atom. The summed E-state index contributed by atoms with van der Waals surface area (Å²) < 4.78 is 31.9. The first-order chi connectivity index (χ1) is 13.6. The van der Waals surface area contributed by atoms with E-state index in [1.807, 2.05) is 0 Å². The molecule has 3 amide bonds. The molecule has 152 valence electrons. The number of halogens is 2. The standard InChI is InChI=1S/C20H18F2N2O5/c1-20(2,28)29-19(27)23-10-16(11-7-8-14(21)15(22)9-11)24-17(25)12-5-3-4-6-13(12)18(24)26/h3-9,16,28H,10H2,1-2H3,(H,23,27). The van der Waals surface area contributed by atoms with Crippen molar-refractivity contribution < 1.29 is 33.0 Å². The molecule has 1 atom stereocenters. The maximum atomic E-state index is 13.8. The first-order valence-electron chi connectivity index (χ1n) is 8.69. The molecule has 9 heteroatoms. The topological polar surface area (TPSA) is 95.9 Å². The number of nitrogens with zero attached hydrogens (tertiary/aromatic N) is 1. The zero-order valence-corrected chi connectivity index (χ0v) is 15.6. The molecule has 3 rings (SSSR count). The quantitative estimate of drug-likeness (QED) is 0.590. The summed E-state index contributed by atoms with van der Waals surface area (Å²) in [6, 6.07) is 7.96. The van der Waals surface area contributed by atoms with Crippen molar-refractivity contribution in [1.29, 1.82) is 0 Å². The van der Waals surface area contributed by atoms with Crippen LogP contribution in [0.1, 0.15) is 46.2 Å². The van der Waals surface area contributed by atoms with Crippen molar-refractivity contribution >= 4 is 17.9 Å². The van der Waals surface area contributed by atoms with Gasteiger partial charge in [-0.15, -0.1) is 0 Å². The Labute approximate surface area is 164 Å². The summed E-state index contributed by atoms with van der Waals surface area (Å²) in [6.07, 6.45) is -1.01. The number of fused-ring (bicyclic) bond motifs is 1. The summed E-state index contributed by atoms with van der Waals surface area (Å²) in [5.74, 6) is -5.26. The van der Waals surface area contributed by atoms with Crippen molar-refractivity contribution in [2.75, 3.05) is 6.54 Å². The highest BCUT2D eigenvalue weighted by Gasteiger charge is 2.40. The van der Waals surface area contributed by atoms with Crippen LogP contribution in [-0.2, 0) is 4.74 Å². The molecule has 1 aliphatic rings. The Kier molecular flexibility index (Phi) is 5.34. The highest BCUT2D eigenvalue weighted by molar-refractivity contribution is 6.21. The molecule has 0 aromatic heterocycles. The van der Waals surface area contributed by atoms with E-state index in [1.165, 1.54) is 32.0 Å². The number of nitrogens with one attached hydrogen (secondary N) is 1. The predicted molar refractivity (Wildman–Crippen MR) is 96.8 cm³/mol. The van der Waals surface area contributed by atoms with Gasteiger partial charge in [-0.1, -0.05) is 18.2 Å². The van der Waals surface area contributed by atoms with Crippen LogP contribution in [-0.4, -0.2) is 40.2 Å². The number of rotatable bonds is 5. The van der Waals surface area contributed by atoms with Crippen molar-refractivity contribution in [2.24, 2.45) is 0 Å². The summed E-state index contributed by atoms with van der Waals surface area (Å²) in [5.41, 5.74) is 0.440. The van der Waals surface area contributed by atoms with Crippen molar-refractivity contribution in [2.45, 2.75) is 25.7 Å². The minimum absolute atomic E-state index is 0.0990. The van der Waals surface area contributed by atoms with E-state index in [0.29, 0.717) is 0 Å². The number of hydrogen-bond acceptors (Lipinski definition) is 5. The van der Waals surface area contributed by atoms with E-state index in [4.69, 9.17) is 4.74 Å². The number of carbonyl (C=O) groups is 3. The second kappa shape index (κ2) is 7.59. The van der Waals surface area contributed by atoms with Gasteiger partial charge in [-0.3, -0.25) is 14.5 Å². The first kappa shape index (κ1) is 20.4. The van der Waals surface area contributed by atoms with Crippen LogP contribution in [0.15, 0.2) is 42.5 Å². The molecule has 0 fully saturated rings. The molecule has 0 bridgehead atoms. The number of carbonyl (C=O) groups excluding carboxylic acids is 3. The van der Waals surface area contributed by atoms with Crippen LogP contribution < -0.4 is 5.32 Å². The third kappa shape index (κ3) is 4.24. The number of amides is 3. The van der Waals surface area contributed by atoms with E-state index in [2.05, 4.69) is 5.32 Å². The lowest BCUT2D eigenvalue weighted by Gasteiger charge is -2.27. The van der Waals surface area contributed by atoms with Gasteiger partial charge in [0.15, 0.2) is 11.6 Å². The molecular weight excluding hydrogens is 386 g/mol. The maximum absolute atomic E-state index is 13.8. The van der Waals surface area contributed by atoms with Crippen molar-refractivity contribution in [3.63, 3.8) is 0 Å². The van der Waals surface area contributed by atoms with Gasteiger partial charge in [0.2, 0.25) is 5.79 Å². The molecule has 29 heavy (non-hydrogen) atoms. The van der Waals surface area contributed by atoms with Gasteiger partial charge in [0.25, 0.3) is 11.8 Å². The Morgan fingerprint density at radius 3 is 2.21 bits per heavy atom. The van der Waals surface area contributed by atoms with Gasteiger partial charge in [0, 0.05) is 20.4 Å². The van der Waals surface area contributed by atoms with E-state index < -0.39 is 41.4 Å². The smallest absolute Gasteiger partial charge is 0.409 e. The Morgan fingerprint density at radius 1 is 1.10 bits per heavy atom. The van der Waals surface area contributed by atoms with Gasteiger partial charge in [-0.05, 0) is 29.8 Å². The number of hydrogen-bond donors (Lipinski definition) is 2. The van der Waals surface area contributed by atoms with E-state index >= 15 is 0 Å². The summed E-state index contributed by atoms with van der Waals surface area (Å²) in [6.45, 7) is 2.14. The lowest BCUT2D eigenvalue weighted by atomic mass is 10.0. The normalized spacial score (nSPS) is 14.6. The average molecular weight is 404 g/mol. The van der Waals surface area contributed by atoms with Gasteiger partial charge < -0.3 is 15.2 Å². The zero-order chi connectivity index (χ0) is 21.3. The molecule has 7 nitrogen and oxygen atoms in total. The molecule has 1 aliphatic heterocycles. The third-order valence-electron chi connectivity index (χ3n) is 4.25. The molecular formula is C20H18F2N2O5. The lowest BCUT2D eigenvalue weighted by molar-refractivity contribution is -0.131. The van der Waals surface area contributed by atoms with Crippen LogP contribution in [0.5, 0.6) is 0 Å². The van der Waals surface area contributed by atoms with Crippen LogP contribution in [0.3, 0.4) is 0 Å². The van der Waals surface area contributed by atoms with E-state index in [9.17, 15) is 28.3 Å². The third-order valence-corrected chi connectivity index (χ3v) is 4.25. The molecule has 2 aromatic rings. The van der Waals surface area contributed by atoms with Crippen LogP contribution in [0.4, 0.5) is 13.6 Å². The summed E-state index contributed by atoms with van der Waals surface area (Å²) >= 11 is 0. The van der Waals surface area contributed by atoms with Crippen molar-refractivity contribution in [3.8, 4) is 0 Å². The van der Waals surface area contributed by atoms with Crippen LogP contribution >= 0.6 is 0 Å². The van der Waals surface area contributed by atoms with Gasteiger partial charge in [0.05, 0.1) is 17.2 Å². The fourth-order valence-corrected chi connectivity index (χ4v) is 3.01. The minimum atomic E-state index is -1.75. The average Bonchev–Trinajstić information content (AvgIpc) is 2.89. The van der Waals surface area contributed by atoms with Crippen molar-refractivity contribution in [3.05, 3.63) is 70.8 Å². The molecule has 0 aliphatic carbocycles. The van der Waals surface area contributed by atoms with Gasteiger partial charge >= 0.3 is 6.09 Å². The Balaban J connectivity index is 1.93. The number of benzene rings is 2. The maximum Gasteiger partial charge on any atom is 0.409 e. The zero-order valence-electron chi connectivity index (χ0n) is 15.6. The van der Waals surface area contributed by atoms with Gasteiger partial charge in [0.1, 0.15) is 0 Å². The molecule has 0 spiro atoms. The van der Waals surface area contributed by atoms with E-state index in [-0.39, 0.29) is 23.2 Å². The van der Waals surface area contributed by atoms with Crippen LogP contribution in [0.2, 0.25) is 0 Å². The highest BCUT2D eigenvalue weighted by atomic mass is 19.2. The molecule has 2 N–H and O–H groups in total. The summed E-state index contributed by atoms with van der Waals surface area (Å²) in [5, 5.41) is 11.9. The minimum Gasteiger partial charge on any atom is -0.418 e. The molecule has 2 aromatic carbocycles. The number of alkyl carbamates (subject to hydrolysis) is 1. The summed E-state index contributed by atoms with van der Waals surface area (Å²) in [4.78, 5) is 38.4. The largest absolute Gasteiger partial charge is 0.418 e. The highest BCUT2D eigenvalue weighted by Crippen LogP contribution is 2.31. The second-order valence-electron chi connectivity index (χ2n) is 6.93. The fourth-order valence-electron chi connectivity index (χ4n) is 3.01. The van der Waals surface area contributed by atoms with E-state index in [1.54, 1.807) is 12.1 Å². The molecule has 0 radical (unpaired) electrons. The van der Waals surface area contributed by atoms with Crippen molar-refractivity contribution in [1.82, 2.24) is 10.2 Å². The summed E-state index contributed by atoms with van der Waals surface area (Å²) in [7, 11) is 0. The first-order valence-corrected chi connectivity index (χ1v) is 8.69. The molecule has 0 saturated carbocycles. The molecule has 1 unspecified atom stereocenters. The Hall–Kier alpha value is -3.33. The second-order valence-corrected chi connectivity index (χ2v) is 6.93. The van der Waals surface area contributed by atoms with Gasteiger partial charge in [-0.2, -0.15) is 0 Å². The number of ether oxygens (including phenoxy) is 1. The monoisotopic (exact) mass is 404 g/mol. The number of imide groups is 1. The Bertz CT molecular complexity index is 952. The van der Waals surface area contributed by atoms with Crippen LogP contribution in [0.25, 0.3) is 0 Å². The lowest BCUT2D eigenvalue weighted by Crippen LogP contribution is -2.43. The molecule has 0 saturated heterocycles. The molecule has 1 heterocycles. The number of aliphatic hydroxyl groups is 1. The van der Waals surface area contributed by atoms with Gasteiger partial charge in [-0.25, -0.2) is 13.6 Å². The van der Waals surface area contributed by atoms with Crippen LogP contribution in [0, 0.1) is 11.6 Å².